The van der Waals surface area contributed by atoms with Gasteiger partial charge >= 0.3 is 6.09 Å². The second-order valence-corrected chi connectivity index (χ2v) is 10.4. The van der Waals surface area contributed by atoms with Crippen molar-refractivity contribution in [1.82, 2.24) is 14.9 Å². The molecule has 1 fully saturated rings. The molecule has 1 aliphatic heterocycles. The molecule has 4 aromatic rings. The molecule has 0 saturated carbocycles. The molecule has 3 aromatic carbocycles. The Morgan fingerprint density at radius 3 is 2.46 bits per heavy atom. The number of anilines is 2. The third kappa shape index (κ3) is 6.37. The van der Waals surface area contributed by atoms with Gasteiger partial charge in [-0.1, -0.05) is 53.2 Å². The molecule has 0 radical (unpaired) electrons. The maximum Gasteiger partial charge on any atom is 0.411 e. The number of rotatable bonds is 10. The van der Waals surface area contributed by atoms with Crippen LogP contribution in [0.5, 0.6) is 5.75 Å². The van der Waals surface area contributed by atoms with E-state index in [4.69, 9.17) is 9.72 Å². The zero-order chi connectivity index (χ0) is 27.2. The number of amides is 1. The van der Waals surface area contributed by atoms with Gasteiger partial charge in [0.25, 0.3) is 0 Å². The van der Waals surface area contributed by atoms with Crippen molar-refractivity contribution in [1.29, 1.82) is 0 Å². The van der Waals surface area contributed by atoms with E-state index in [2.05, 4.69) is 80.1 Å². The smallest absolute Gasteiger partial charge is 0.411 e. The lowest BCUT2D eigenvalue weighted by Crippen LogP contribution is -2.47. The molecule has 8 nitrogen and oxygen atoms in total. The van der Waals surface area contributed by atoms with Crippen LogP contribution in [0.15, 0.2) is 66.7 Å². The second kappa shape index (κ2) is 12.5. The van der Waals surface area contributed by atoms with Crippen LogP contribution in [-0.4, -0.2) is 77.3 Å². The van der Waals surface area contributed by atoms with Gasteiger partial charge in [-0.3, -0.25) is 9.80 Å². The number of hydrogen-bond donors (Lipinski definition) is 2. The topological polar surface area (TPSA) is 84.9 Å². The summed E-state index contributed by atoms with van der Waals surface area (Å²) in [6.45, 7) is 7.75. The molecule has 0 spiro atoms. The number of H-pyrrole nitrogens is 1. The lowest BCUT2D eigenvalue weighted by Gasteiger charge is -2.36. The van der Waals surface area contributed by atoms with Crippen LogP contribution in [0.25, 0.3) is 22.4 Å². The molecule has 1 aromatic heterocycles. The number of piperazine rings is 1. The molecule has 1 saturated heterocycles. The third-order valence-electron chi connectivity index (χ3n) is 7.20. The molecule has 1 amide bonds. The average molecular weight is 593 g/mol. The van der Waals surface area contributed by atoms with E-state index in [-0.39, 0.29) is 0 Å². The number of halogens is 1. The summed E-state index contributed by atoms with van der Waals surface area (Å²) >= 11 is 3.30. The Morgan fingerprint density at radius 1 is 1.05 bits per heavy atom. The van der Waals surface area contributed by atoms with Crippen LogP contribution in [0, 0.1) is 0 Å². The predicted octanol–water partition coefficient (Wildman–Crippen LogP) is 5.87. The number of aromatic nitrogens is 2. The van der Waals surface area contributed by atoms with E-state index in [1.807, 2.05) is 12.1 Å². The number of nitrogens with zero attached hydrogens (tertiary/aromatic N) is 4. The first-order valence-corrected chi connectivity index (χ1v) is 14.5. The van der Waals surface area contributed by atoms with Gasteiger partial charge < -0.3 is 19.7 Å². The normalized spacial score (nSPS) is 14.1. The number of aryl methyl sites for hydroxylation is 1. The highest BCUT2D eigenvalue weighted by Gasteiger charge is 2.20. The number of imidazole rings is 1. The van der Waals surface area contributed by atoms with Crippen LogP contribution in [0.3, 0.4) is 0 Å². The Kier molecular flexibility index (Phi) is 8.68. The molecule has 0 unspecified atom stereocenters. The summed E-state index contributed by atoms with van der Waals surface area (Å²) in [6, 6.07) is 22.2. The molecular weight excluding hydrogens is 558 g/mol. The molecule has 39 heavy (non-hydrogen) atoms. The van der Waals surface area contributed by atoms with Gasteiger partial charge in [0, 0.05) is 55.8 Å². The molecule has 5 rings (SSSR count). The number of carbonyl (C=O) groups is 1. The first-order valence-electron chi connectivity index (χ1n) is 13.4. The lowest BCUT2D eigenvalue weighted by molar-refractivity contribution is 0.200. The van der Waals surface area contributed by atoms with Crippen molar-refractivity contribution in [3.63, 3.8) is 0 Å². The molecular formula is C30H34BrN5O3. The molecule has 2 heterocycles. The molecule has 9 heteroatoms. The molecule has 1 aliphatic rings. The first kappa shape index (κ1) is 27.0. The van der Waals surface area contributed by atoms with E-state index >= 15 is 0 Å². The maximum absolute atomic E-state index is 11.4. The van der Waals surface area contributed by atoms with Gasteiger partial charge in [-0.05, 0) is 48.4 Å². The standard InChI is InChI=1S/C30H34BrN5O3/c1-2-22-6-8-23(9-7-22)29-32-26-4-3-5-27(28(26)33-29)35-18-16-34(17-19-35)20-21-39-25-12-10-24(11-13-25)36(15-14-31)30(37)38/h3-13H,2,14-21H2,1H3,(H,32,33)(H,37,38). The average Bonchev–Trinajstić information content (AvgIpc) is 3.41. The number of aromatic amines is 1. The van der Waals surface area contributed by atoms with Crippen LogP contribution in [0.4, 0.5) is 16.2 Å². The van der Waals surface area contributed by atoms with Crippen molar-refractivity contribution >= 4 is 44.4 Å². The maximum atomic E-state index is 11.4. The van der Waals surface area contributed by atoms with E-state index in [0.29, 0.717) is 24.2 Å². The zero-order valence-electron chi connectivity index (χ0n) is 22.1. The van der Waals surface area contributed by atoms with Crippen molar-refractivity contribution < 1.29 is 14.6 Å². The number of carboxylic acid groups (broad SMARTS) is 1. The quantitative estimate of drug-likeness (QED) is 0.224. The van der Waals surface area contributed by atoms with E-state index in [1.165, 1.54) is 16.2 Å². The zero-order valence-corrected chi connectivity index (χ0v) is 23.7. The summed E-state index contributed by atoms with van der Waals surface area (Å²) in [4.78, 5) is 26.1. The second-order valence-electron chi connectivity index (χ2n) is 9.60. The highest BCUT2D eigenvalue weighted by atomic mass is 79.9. The summed E-state index contributed by atoms with van der Waals surface area (Å²) < 4.78 is 5.95. The van der Waals surface area contributed by atoms with Gasteiger partial charge in [-0.15, -0.1) is 0 Å². The first-order chi connectivity index (χ1) is 19.1. The lowest BCUT2D eigenvalue weighted by atomic mass is 10.1. The van der Waals surface area contributed by atoms with Crippen LogP contribution in [0.2, 0.25) is 0 Å². The minimum absolute atomic E-state index is 0.393. The van der Waals surface area contributed by atoms with Crippen LogP contribution in [0.1, 0.15) is 12.5 Å². The van der Waals surface area contributed by atoms with E-state index in [0.717, 1.165) is 67.3 Å². The molecule has 2 N–H and O–H groups in total. The molecule has 0 bridgehead atoms. The Balaban J connectivity index is 1.14. The largest absolute Gasteiger partial charge is 0.492 e. The number of ether oxygens (including phenoxy) is 1. The third-order valence-corrected chi connectivity index (χ3v) is 7.56. The van der Waals surface area contributed by atoms with Gasteiger partial charge in [-0.25, -0.2) is 9.78 Å². The summed E-state index contributed by atoms with van der Waals surface area (Å²) in [6.07, 6.45) is 0.0639. The van der Waals surface area contributed by atoms with Gasteiger partial charge in [0.1, 0.15) is 23.7 Å². The molecule has 0 atom stereocenters. The summed E-state index contributed by atoms with van der Waals surface area (Å²) in [5.41, 5.74) is 6.31. The van der Waals surface area contributed by atoms with Crippen molar-refractivity contribution in [2.24, 2.45) is 0 Å². The van der Waals surface area contributed by atoms with E-state index < -0.39 is 6.09 Å². The summed E-state index contributed by atoms with van der Waals surface area (Å²) in [5, 5.41) is 9.96. The van der Waals surface area contributed by atoms with Gasteiger partial charge in [0.15, 0.2) is 0 Å². The summed E-state index contributed by atoms with van der Waals surface area (Å²) in [5.74, 6) is 1.65. The number of nitrogens with one attached hydrogen (secondary N) is 1. The van der Waals surface area contributed by atoms with Gasteiger partial charge in [0.05, 0.1) is 11.2 Å². The minimum atomic E-state index is -0.965. The van der Waals surface area contributed by atoms with Crippen molar-refractivity contribution in [3.05, 3.63) is 72.3 Å². The Hall–Kier alpha value is -3.56. The number of para-hydroxylation sites is 1. The Labute approximate surface area is 237 Å². The number of hydrogen-bond acceptors (Lipinski definition) is 5. The van der Waals surface area contributed by atoms with Crippen LogP contribution in [-0.2, 0) is 6.42 Å². The molecule has 0 aliphatic carbocycles. The Morgan fingerprint density at radius 2 is 1.79 bits per heavy atom. The van der Waals surface area contributed by atoms with Crippen molar-refractivity contribution in [3.8, 4) is 17.1 Å². The highest BCUT2D eigenvalue weighted by molar-refractivity contribution is 9.09. The SMILES string of the molecule is CCc1ccc(-c2nc3c(N4CCN(CCOc5ccc(N(CCBr)C(=O)O)cc5)CC4)cccc3[nH]2)cc1. The number of alkyl halides is 1. The number of benzene rings is 3. The van der Waals surface area contributed by atoms with Crippen molar-refractivity contribution in [2.45, 2.75) is 13.3 Å². The van der Waals surface area contributed by atoms with Crippen LogP contribution < -0.4 is 14.5 Å². The van der Waals surface area contributed by atoms with Crippen LogP contribution >= 0.6 is 15.9 Å². The van der Waals surface area contributed by atoms with Gasteiger partial charge in [-0.2, -0.15) is 0 Å². The molecule has 204 valence electrons. The van der Waals surface area contributed by atoms with E-state index in [9.17, 15) is 9.90 Å². The number of fused-ring (bicyclic) bond motifs is 1. The van der Waals surface area contributed by atoms with Gasteiger partial charge in [0.2, 0.25) is 0 Å². The fraction of sp³-hybridized carbons (Fsp3) is 0.333. The Bertz CT molecular complexity index is 1380. The summed E-state index contributed by atoms with van der Waals surface area (Å²) in [7, 11) is 0. The van der Waals surface area contributed by atoms with Crippen molar-refractivity contribution in [2.75, 3.05) is 61.0 Å². The fourth-order valence-corrected chi connectivity index (χ4v) is 5.31. The highest BCUT2D eigenvalue weighted by Crippen LogP contribution is 2.29. The fourth-order valence-electron chi connectivity index (χ4n) is 4.95. The monoisotopic (exact) mass is 591 g/mol. The van der Waals surface area contributed by atoms with E-state index in [1.54, 1.807) is 12.1 Å². The predicted molar refractivity (Wildman–Crippen MR) is 161 cm³/mol. The minimum Gasteiger partial charge on any atom is -0.492 e.